The molecule has 0 saturated heterocycles. The molecule has 0 spiro atoms. The Hall–Kier alpha value is -6.13. The Morgan fingerprint density at radius 1 is 0.447 bits per heavy atom. The number of aromatic nitrogens is 4. The first-order valence-electron chi connectivity index (χ1n) is 16.4. The van der Waals surface area contributed by atoms with Gasteiger partial charge in [-0.3, -0.25) is 4.40 Å². The molecule has 0 aliphatic heterocycles. The average molecular weight is 601 g/mol. The monoisotopic (exact) mass is 600 g/mol. The molecule has 0 unspecified atom stereocenters. The van der Waals surface area contributed by atoms with Gasteiger partial charge in [-0.15, -0.1) is 0 Å². The predicted octanol–water partition coefficient (Wildman–Crippen LogP) is 10.8. The van der Waals surface area contributed by atoms with Crippen LogP contribution in [-0.2, 0) is 6.42 Å². The van der Waals surface area contributed by atoms with Crippen LogP contribution in [0.15, 0.2) is 140 Å². The van der Waals surface area contributed by atoms with Crippen molar-refractivity contribution in [3.63, 3.8) is 0 Å². The molecule has 4 heteroatoms. The van der Waals surface area contributed by atoms with Gasteiger partial charge in [0.05, 0.1) is 39.0 Å². The quantitative estimate of drug-likeness (QED) is 0.181. The molecule has 11 rings (SSSR count). The number of hydrogen-bond acceptors (Lipinski definition) is 1. The highest BCUT2D eigenvalue weighted by atomic mass is 15.0. The molecule has 6 aromatic carbocycles. The van der Waals surface area contributed by atoms with Crippen LogP contribution in [0.2, 0.25) is 0 Å². The zero-order chi connectivity index (χ0) is 30.6. The SMILES string of the molecule is C1=Cc2c(nc3c4ccc(-n5c6ccccc6c6ccccc65)cc4c4ccc(-n5c6ccccc6c6ccccc65)cc4n23)CC1. The van der Waals surface area contributed by atoms with Gasteiger partial charge in [-0.05, 0) is 78.9 Å². The van der Waals surface area contributed by atoms with Crippen LogP contribution in [0, 0.1) is 0 Å². The number of allylic oxidation sites excluding steroid dienone is 1. The molecule has 4 heterocycles. The van der Waals surface area contributed by atoms with E-state index < -0.39 is 0 Å². The van der Waals surface area contributed by atoms with E-state index in [9.17, 15) is 0 Å². The molecular weight excluding hydrogens is 573 g/mol. The number of para-hydroxylation sites is 4. The van der Waals surface area contributed by atoms with E-state index in [0.29, 0.717) is 0 Å². The lowest BCUT2D eigenvalue weighted by Crippen LogP contribution is -2.00. The molecule has 0 N–H and O–H groups in total. The van der Waals surface area contributed by atoms with Crippen LogP contribution in [0.4, 0.5) is 0 Å². The molecule has 0 fully saturated rings. The Kier molecular flexibility index (Phi) is 4.92. The van der Waals surface area contributed by atoms with Crippen LogP contribution >= 0.6 is 0 Å². The van der Waals surface area contributed by atoms with Crippen molar-refractivity contribution in [3.8, 4) is 11.4 Å². The topological polar surface area (TPSA) is 27.2 Å². The fourth-order valence-electron chi connectivity index (χ4n) is 8.23. The summed E-state index contributed by atoms with van der Waals surface area (Å²) in [5.41, 5.74) is 11.7. The molecule has 0 bridgehead atoms. The van der Waals surface area contributed by atoms with Gasteiger partial charge in [0.1, 0.15) is 5.65 Å². The summed E-state index contributed by atoms with van der Waals surface area (Å²) in [5.74, 6) is 0. The van der Waals surface area contributed by atoms with Gasteiger partial charge in [0.15, 0.2) is 0 Å². The van der Waals surface area contributed by atoms with Crippen LogP contribution in [-0.4, -0.2) is 18.5 Å². The molecule has 0 saturated carbocycles. The third kappa shape index (κ3) is 3.34. The molecule has 220 valence electrons. The fraction of sp³-hybridized carbons (Fsp3) is 0.0465. The largest absolute Gasteiger partial charge is 0.309 e. The number of fused-ring (bicyclic) bond motifs is 14. The van der Waals surface area contributed by atoms with E-state index in [1.807, 2.05) is 0 Å². The van der Waals surface area contributed by atoms with E-state index in [1.165, 1.54) is 76.7 Å². The minimum atomic E-state index is 0.961. The maximum absolute atomic E-state index is 5.31. The van der Waals surface area contributed by atoms with Crippen molar-refractivity contribution >= 4 is 77.0 Å². The molecule has 0 radical (unpaired) electrons. The summed E-state index contributed by atoms with van der Waals surface area (Å²) < 4.78 is 7.22. The number of benzene rings is 6. The Labute approximate surface area is 270 Å². The third-order valence-electron chi connectivity index (χ3n) is 10.2. The first kappa shape index (κ1) is 25.1. The maximum atomic E-state index is 5.31. The van der Waals surface area contributed by atoms with E-state index in [1.54, 1.807) is 0 Å². The lowest BCUT2D eigenvalue weighted by molar-refractivity contribution is 0.943. The zero-order valence-corrected chi connectivity index (χ0v) is 25.6. The Morgan fingerprint density at radius 3 is 1.51 bits per heavy atom. The van der Waals surface area contributed by atoms with Crippen molar-refractivity contribution < 1.29 is 0 Å². The lowest BCUT2D eigenvalue weighted by atomic mass is 10.0. The highest BCUT2D eigenvalue weighted by molar-refractivity contribution is 6.15. The van der Waals surface area contributed by atoms with Gasteiger partial charge < -0.3 is 9.13 Å². The van der Waals surface area contributed by atoms with Crippen molar-refractivity contribution in [3.05, 3.63) is 151 Å². The minimum absolute atomic E-state index is 0.961. The number of imidazole rings is 1. The van der Waals surface area contributed by atoms with Crippen LogP contribution in [0.1, 0.15) is 17.8 Å². The summed E-state index contributed by atoms with van der Waals surface area (Å²) >= 11 is 0. The molecule has 1 aliphatic carbocycles. The van der Waals surface area contributed by atoms with E-state index in [0.717, 1.165) is 29.9 Å². The summed E-state index contributed by atoms with van der Waals surface area (Å²) in [6.45, 7) is 0. The lowest BCUT2D eigenvalue weighted by Gasteiger charge is -2.15. The van der Waals surface area contributed by atoms with Gasteiger partial charge in [-0.1, -0.05) is 84.9 Å². The molecule has 4 aromatic heterocycles. The second-order valence-corrected chi connectivity index (χ2v) is 12.7. The van der Waals surface area contributed by atoms with Crippen molar-refractivity contribution in [2.75, 3.05) is 0 Å². The smallest absolute Gasteiger partial charge is 0.145 e. The van der Waals surface area contributed by atoms with Crippen molar-refractivity contribution in [2.45, 2.75) is 12.8 Å². The van der Waals surface area contributed by atoms with E-state index in [2.05, 4.69) is 159 Å². The standard InChI is InChI=1S/C43H28N4/c1-6-16-37-29(11-1)30-12-2-7-17-38(30)45(37)27-22-24-34-35(25-27)33-23-21-28(26-42(33)47-41-20-10-5-15-36(41)44-43(34)47)46-39-18-8-3-13-31(39)32-14-4-9-19-40(32)46/h1-4,6-14,16-26H,5,15H2. The highest BCUT2D eigenvalue weighted by Crippen LogP contribution is 2.39. The summed E-state index contributed by atoms with van der Waals surface area (Å²) in [5, 5.41) is 8.69. The van der Waals surface area contributed by atoms with Gasteiger partial charge in [-0.2, -0.15) is 0 Å². The zero-order valence-electron chi connectivity index (χ0n) is 25.6. The first-order valence-corrected chi connectivity index (χ1v) is 16.4. The number of aryl methyl sites for hydroxylation is 1. The van der Waals surface area contributed by atoms with Crippen molar-refractivity contribution in [1.82, 2.24) is 18.5 Å². The number of pyridine rings is 1. The summed E-state index contributed by atoms with van der Waals surface area (Å²) in [7, 11) is 0. The molecule has 0 atom stereocenters. The Balaban J connectivity index is 1.26. The van der Waals surface area contributed by atoms with E-state index in [4.69, 9.17) is 4.98 Å². The Morgan fingerprint density at radius 2 is 0.936 bits per heavy atom. The number of nitrogens with zero attached hydrogens (tertiary/aromatic N) is 4. The molecule has 0 amide bonds. The molecule has 10 aromatic rings. The molecule has 1 aliphatic rings. The van der Waals surface area contributed by atoms with E-state index >= 15 is 0 Å². The highest BCUT2D eigenvalue weighted by Gasteiger charge is 2.21. The van der Waals surface area contributed by atoms with Crippen molar-refractivity contribution in [2.24, 2.45) is 0 Å². The minimum Gasteiger partial charge on any atom is -0.309 e. The normalized spacial score (nSPS) is 13.3. The second-order valence-electron chi connectivity index (χ2n) is 12.7. The summed E-state index contributed by atoms with van der Waals surface area (Å²) in [6.07, 6.45) is 6.54. The molecule has 47 heavy (non-hydrogen) atoms. The second kappa shape index (κ2) is 9.21. The van der Waals surface area contributed by atoms with Gasteiger partial charge >= 0.3 is 0 Å². The van der Waals surface area contributed by atoms with Gasteiger partial charge in [0.25, 0.3) is 0 Å². The average Bonchev–Trinajstić information content (AvgIpc) is 3.80. The van der Waals surface area contributed by atoms with E-state index in [-0.39, 0.29) is 0 Å². The van der Waals surface area contributed by atoms with Crippen LogP contribution in [0.5, 0.6) is 0 Å². The summed E-state index contributed by atoms with van der Waals surface area (Å²) in [4.78, 5) is 5.31. The number of hydrogen-bond donors (Lipinski definition) is 0. The van der Waals surface area contributed by atoms with Crippen LogP contribution < -0.4 is 0 Å². The summed E-state index contributed by atoms with van der Waals surface area (Å²) in [6, 6.07) is 48.8. The van der Waals surface area contributed by atoms with Gasteiger partial charge in [-0.25, -0.2) is 4.98 Å². The Bertz CT molecular complexity index is 2860. The van der Waals surface area contributed by atoms with Gasteiger partial charge in [0, 0.05) is 43.7 Å². The first-order chi connectivity index (χ1) is 23.3. The maximum Gasteiger partial charge on any atom is 0.145 e. The fourth-order valence-corrected chi connectivity index (χ4v) is 8.23. The van der Waals surface area contributed by atoms with Crippen LogP contribution in [0.25, 0.3) is 88.4 Å². The third-order valence-corrected chi connectivity index (χ3v) is 10.2. The van der Waals surface area contributed by atoms with Crippen molar-refractivity contribution in [1.29, 1.82) is 0 Å². The molecule has 4 nitrogen and oxygen atoms in total. The van der Waals surface area contributed by atoms with Gasteiger partial charge in [0.2, 0.25) is 0 Å². The predicted molar refractivity (Wildman–Crippen MR) is 196 cm³/mol. The number of rotatable bonds is 2. The van der Waals surface area contributed by atoms with Crippen LogP contribution in [0.3, 0.4) is 0 Å². The molecular formula is C43H28N4.